The van der Waals surface area contributed by atoms with Crippen molar-refractivity contribution in [1.29, 1.82) is 0 Å². The van der Waals surface area contributed by atoms with Crippen molar-refractivity contribution in [3.8, 4) is 11.5 Å². The van der Waals surface area contributed by atoms with Crippen LogP contribution >= 0.6 is 0 Å². The van der Waals surface area contributed by atoms with Crippen LogP contribution in [0.5, 0.6) is 11.5 Å². The number of hydrogen-bond donors (Lipinski definition) is 0. The van der Waals surface area contributed by atoms with Gasteiger partial charge >= 0.3 is 5.97 Å². The summed E-state index contributed by atoms with van der Waals surface area (Å²) in [6.07, 6.45) is 2.08. The average Bonchev–Trinajstić information content (AvgIpc) is 2.93. The van der Waals surface area contributed by atoms with Crippen molar-refractivity contribution in [2.24, 2.45) is 5.92 Å². The van der Waals surface area contributed by atoms with Crippen LogP contribution in [0.4, 0.5) is 10.1 Å². The first-order valence-corrected chi connectivity index (χ1v) is 12.8. The van der Waals surface area contributed by atoms with Gasteiger partial charge in [0.15, 0.2) is 19.0 Å². The lowest BCUT2D eigenvalue weighted by Crippen LogP contribution is -2.43. The van der Waals surface area contributed by atoms with Crippen LogP contribution in [0, 0.1) is 11.7 Å². The molecule has 1 fully saturated rings. The number of likely N-dealkylation sites (tertiary alicyclic amines) is 1. The summed E-state index contributed by atoms with van der Waals surface area (Å²) in [6.45, 7) is 2.91. The Kier molecular flexibility index (Phi) is 8.93. The van der Waals surface area contributed by atoms with E-state index in [0.717, 1.165) is 6.42 Å². The lowest BCUT2D eigenvalue weighted by molar-refractivity contribution is -0.151. The number of benzene rings is 2. The number of nitrogens with zero attached hydrogens (tertiary/aromatic N) is 2. The van der Waals surface area contributed by atoms with Crippen LogP contribution < -0.4 is 14.4 Å². The molecule has 0 radical (unpaired) electrons. The number of esters is 1. The number of ketones is 1. The fourth-order valence-corrected chi connectivity index (χ4v) is 4.59. The Morgan fingerprint density at radius 2 is 1.92 bits per heavy atom. The summed E-state index contributed by atoms with van der Waals surface area (Å²) in [5.41, 5.74) is 0.797. The zero-order valence-corrected chi connectivity index (χ0v) is 21.3. The Morgan fingerprint density at radius 1 is 1.13 bits per heavy atom. The summed E-state index contributed by atoms with van der Waals surface area (Å²) in [5, 5.41) is 0. The Balaban J connectivity index is 1.34. The van der Waals surface area contributed by atoms with Crippen molar-refractivity contribution in [3.05, 3.63) is 53.8 Å². The molecule has 0 aliphatic carbocycles. The molecule has 2 aliphatic rings. The molecule has 4 rings (SSSR count). The molecular weight excluding hydrogens is 495 g/mol. The highest BCUT2D eigenvalue weighted by molar-refractivity contribution is 6.02. The van der Waals surface area contributed by atoms with Gasteiger partial charge in [-0.25, -0.2) is 4.39 Å². The van der Waals surface area contributed by atoms with E-state index in [0.29, 0.717) is 55.3 Å². The van der Waals surface area contributed by atoms with E-state index in [1.165, 1.54) is 29.2 Å². The maximum atomic E-state index is 13.1. The maximum absolute atomic E-state index is 13.1. The molecule has 202 valence electrons. The summed E-state index contributed by atoms with van der Waals surface area (Å²) in [5.74, 6) is -0.783. The fourth-order valence-electron chi connectivity index (χ4n) is 4.59. The molecule has 10 heteroatoms. The van der Waals surface area contributed by atoms with E-state index in [9.17, 15) is 23.6 Å². The second-order valence-corrected chi connectivity index (χ2v) is 9.22. The highest BCUT2D eigenvalue weighted by atomic mass is 19.1. The van der Waals surface area contributed by atoms with E-state index in [4.69, 9.17) is 14.2 Å². The zero-order valence-electron chi connectivity index (χ0n) is 21.3. The summed E-state index contributed by atoms with van der Waals surface area (Å²) in [4.78, 5) is 53.5. The molecular formula is C28H31FN2O7. The van der Waals surface area contributed by atoms with Crippen molar-refractivity contribution in [3.63, 3.8) is 0 Å². The predicted molar refractivity (Wildman–Crippen MR) is 136 cm³/mol. The number of carbonyl (C=O) groups is 4. The summed E-state index contributed by atoms with van der Waals surface area (Å²) in [7, 11) is 0. The van der Waals surface area contributed by atoms with Crippen LogP contribution in [0.1, 0.15) is 43.0 Å². The highest BCUT2D eigenvalue weighted by Gasteiger charge is 2.30. The fraction of sp³-hybridized carbons (Fsp3) is 0.429. The topological polar surface area (TPSA) is 102 Å². The molecule has 0 saturated carbocycles. The van der Waals surface area contributed by atoms with Crippen molar-refractivity contribution in [2.45, 2.75) is 32.6 Å². The third-order valence-electron chi connectivity index (χ3n) is 6.57. The Morgan fingerprint density at radius 3 is 2.68 bits per heavy atom. The number of Topliss-reactive ketones (excluding diaryl/α,β-unsaturated/α-hetero) is 1. The molecule has 2 amide bonds. The number of rotatable bonds is 10. The number of anilines is 1. The zero-order chi connectivity index (χ0) is 27.1. The van der Waals surface area contributed by atoms with Gasteiger partial charge in [-0.1, -0.05) is 0 Å². The average molecular weight is 527 g/mol. The first-order valence-electron chi connectivity index (χ1n) is 12.8. The van der Waals surface area contributed by atoms with Crippen molar-refractivity contribution < 1.29 is 37.8 Å². The molecule has 0 spiro atoms. The normalized spacial score (nSPS) is 16.9. The second kappa shape index (κ2) is 12.5. The molecule has 2 aliphatic heterocycles. The molecule has 1 atom stereocenters. The van der Waals surface area contributed by atoms with Gasteiger partial charge in [-0.05, 0) is 68.7 Å². The molecule has 1 unspecified atom stereocenters. The molecule has 2 aromatic carbocycles. The number of piperidine rings is 1. The van der Waals surface area contributed by atoms with Gasteiger partial charge in [0.2, 0.25) is 5.91 Å². The molecule has 2 heterocycles. The summed E-state index contributed by atoms with van der Waals surface area (Å²) < 4.78 is 29.2. The number of carbonyl (C=O) groups excluding carboxylic acids is 4. The number of ether oxygens (including phenoxy) is 3. The van der Waals surface area contributed by atoms with E-state index in [2.05, 4.69) is 0 Å². The van der Waals surface area contributed by atoms with Gasteiger partial charge in [-0.15, -0.1) is 0 Å². The molecule has 0 bridgehead atoms. The standard InChI is InChI=1S/C28H31FN2O7/c1-2-36-28(35)20-5-3-13-30(16-20)26(33)6-4-14-31-23-15-19(7-12-25(23)38-18-27(31)34)24(32)17-37-22-10-8-21(29)9-11-22/h7-12,15,20H,2-6,13-14,16-18H2,1H3. The van der Waals surface area contributed by atoms with Gasteiger partial charge in [0.25, 0.3) is 5.91 Å². The number of hydrogen-bond acceptors (Lipinski definition) is 7. The van der Waals surface area contributed by atoms with Crippen LogP contribution in [0.15, 0.2) is 42.5 Å². The van der Waals surface area contributed by atoms with Gasteiger partial charge in [0.1, 0.15) is 17.3 Å². The number of amides is 2. The predicted octanol–water partition coefficient (Wildman–Crippen LogP) is 3.39. The molecule has 0 N–H and O–H groups in total. The van der Waals surface area contributed by atoms with Crippen LogP contribution in [-0.4, -0.2) is 67.9 Å². The lowest BCUT2D eigenvalue weighted by atomic mass is 9.98. The SMILES string of the molecule is CCOC(=O)C1CCCN(C(=O)CCCN2C(=O)COc3ccc(C(=O)COc4ccc(F)cc4)cc32)C1. The van der Waals surface area contributed by atoms with Crippen LogP contribution in [-0.2, 0) is 19.1 Å². The molecule has 2 aromatic rings. The Bertz CT molecular complexity index is 1180. The van der Waals surface area contributed by atoms with Gasteiger partial charge in [0.05, 0.1) is 18.2 Å². The molecule has 1 saturated heterocycles. The maximum Gasteiger partial charge on any atom is 0.310 e. The van der Waals surface area contributed by atoms with E-state index < -0.39 is 5.82 Å². The number of halogens is 1. The molecule has 9 nitrogen and oxygen atoms in total. The summed E-state index contributed by atoms with van der Waals surface area (Å²) in [6, 6.07) is 10.2. The lowest BCUT2D eigenvalue weighted by Gasteiger charge is -2.32. The van der Waals surface area contributed by atoms with Crippen molar-refractivity contribution in [2.75, 3.05) is 44.4 Å². The first-order chi connectivity index (χ1) is 18.4. The minimum absolute atomic E-state index is 0.0678. The van der Waals surface area contributed by atoms with E-state index >= 15 is 0 Å². The smallest absolute Gasteiger partial charge is 0.310 e. The largest absolute Gasteiger partial charge is 0.485 e. The van der Waals surface area contributed by atoms with Crippen molar-refractivity contribution >= 4 is 29.3 Å². The first kappa shape index (κ1) is 27.1. The van der Waals surface area contributed by atoms with Gasteiger partial charge in [0, 0.05) is 31.6 Å². The second-order valence-electron chi connectivity index (χ2n) is 9.22. The monoisotopic (exact) mass is 526 g/mol. The number of fused-ring (bicyclic) bond motifs is 1. The van der Waals surface area contributed by atoms with E-state index in [1.54, 1.807) is 30.0 Å². The Labute approximate surface area is 220 Å². The molecule has 0 aromatic heterocycles. The third-order valence-corrected chi connectivity index (χ3v) is 6.57. The van der Waals surface area contributed by atoms with Gasteiger partial charge < -0.3 is 24.0 Å². The van der Waals surface area contributed by atoms with Crippen LogP contribution in [0.2, 0.25) is 0 Å². The van der Waals surface area contributed by atoms with E-state index in [-0.39, 0.29) is 55.7 Å². The quantitative estimate of drug-likeness (QED) is 0.345. The minimum atomic E-state index is -0.401. The minimum Gasteiger partial charge on any atom is -0.485 e. The van der Waals surface area contributed by atoms with Crippen molar-refractivity contribution in [1.82, 2.24) is 4.90 Å². The van der Waals surface area contributed by atoms with Gasteiger partial charge in [-0.3, -0.25) is 19.2 Å². The molecule has 38 heavy (non-hydrogen) atoms. The van der Waals surface area contributed by atoms with Gasteiger partial charge in [-0.2, -0.15) is 0 Å². The summed E-state index contributed by atoms with van der Waals surface area (Å²) >= 11 is 0. The Hall–Kier alpha value is -3.95. The highest BCUT2D eigenvalue weighted by Crippen LogP contribution is 2.33. The third kappa shape index (κ3) is 6.67. The van der Waals surface area contributed by atoms with Crippen LogP contribution in [0.3, 0.4) is 0 Å². The van der Waals surface area contributed by atoms with Crippen LogP contribution in [0.25, 0.3) is 0 Å². The van der Waals surface area contributed by atoms with E-state index in [1.807, 2.05) is 0 Å².